The van der Waals surface area contributed by atoms with E-state index >= 15 is 0 Å². The van der Waals surface area contributed by atoms with Crippen LogP contribution in [-0.4, -0.2) is 58.5 Å². The van der Waals surface area contributed by atoms with Crippen LogP contribution in [-0.2, 0) is 9.47 Å². The lowest BCUT2D eigenvalue weighted by atomic mass is 10.1. The molecule has 24 heavy (non-hydrogen) atoms. The molecule has 0 aliphatic carbocycles. The second-order valence-electron chi connectivity index (χ2n) is 4.72. The number of carbonyl (C=O) groups excluding carboxylic acids is 1. The summed E-state index contributed by atoms with van der Waals surface area (Å²) in [5.74, 6) is -0.143. The first-order valence-electron chi connectivity index (χ1n) is 7.30. The van der Waals surface area contributed by atoms with Crippen molar-refractivity contribution in [3.05, 3.63) is 27.8 Å². The highest BCUT2D eigenvalue weighted by Gasteiger charge is 2.24. The van der Waals surface area contributed by atoms with E-state index in [1.807, 2.05) is 0 Å². The molecule has 1 N–H and O–H groups in total. The predicted octanol–water partition coefficient (Wildman–Crippen LogP) is 1.39. The first-order chi connectivity index (χ1) is 11.5. The molecule has 9 heteroatoms. The number of rotatable bonds is 11. The highest BCUT2D eigenvalue weighted by atomic mass is 16.6. The van der Waals surface area contributed by atoms with Gasteiger partial charge in [-0.25, -0.2) is 0 Å². The lowest BCUT2D eigenvalue weighted by Gasteiger charge is -2.12. The zero-order chi connectivity index (χ0) is 17.9. The summed E-state index contributed by atoms with van der Waals surface area (Å²) in [5.41, 5.74) is -0.444. The molecular weight excluding hydrogens is 320 g/mol. The van der Waals surface area contributed by atoms with Gasteiger partial charge < -0.3 is 24.3 Å². The van der Waals surface area contributed by atoms with Crippen LogP contribution in [0.5, 0.6) is 11.5 Å². The number of ether oxygens (including phenoxy) is 4. The molecule has 1 rings (SSSR count). The standard InChI is InChI=1S/C15H22N2O7/c1-21-6-4-5-16-15(18)11-9-13(23-3)14(24-8-7-22-2)10-12(11)17(19)20/h9-10H,4-8H2,1-3H3,(H,16,18). The molecule has 1 aromatic carbocycles. The molecule has 0 bridgehead atoms. The summed E-state index contributed by atoms with van der Waals surface area (Å²) in [5, 5.41) is 13.9. The van der Waals surface area contributed by atoms with E-state index in [0.29, 0.717) is 26.2 Å². The fourth-order valence-electron chi connectivity index (χ4n) is 1.90. The molecule has 0 radical (unpaired) electrons. The number of carbonyl (C=O) groups is 1. The van der Waals surface area contributed by atoms with Crippen LogP contribution in [0.3, 0.4) is 0 Å². The maximum absolute atomic E-state index is 12.2. The fraction of sp³-hybridized carbons (Fsp3) is 0.533. The van der Waals surface area contributed by atoms with Gasteiger partial charge in [-0.2, -0.15) is 0 Å². The Bertz CT molecular complexity index is 563. The van der Waals surface area contributed by atoms with Crippen LogP contribution < -0.4 is 14.8 Å². The third-order valence-electron chi connectivity index (χ3n) is 3.08. The number of amides is 1. The molecule has 0 atom stereocenters. The van der Waals surface area contributed by atoms with Gasteiger partial charge in [0, 0.05) is 33.4 Å². The first kappa shape index (κ1) is 19.7. The molecule has 0 saturated carbocycles. The Balaban J connectivity index is 3.01. The largest absolute Gasteiger partial charge is 0.493 e. The summed E-state index contributed by atoms with van der Waals surface area (Å²) < 4.78 is 20.3. The SMILES string of the molecule is COCCCNC(=O)c1cc(OC)c(OCCOC)cc1[N+](=O)[O-]. The van der Waals surface area contributed by atoms with Crippen LogP contribution in [0.4, 0.5) is 5.69 Å². The predicted molar refractivity (Wildman–Crippen MR) is 85.8 cm³/mol. The van der Waals surface area contributed by atoms with Crippen LogP contribution in [0.15, 0.2) is 12.1 Å². The Morgan fingerprint density at radius 2 is 1.83 bits per heavy atom. The van der Waals surface area contributed by atoms with Gasteiger partial charge in [0.15, 0.2) is 11.5 Å². The van der Waals surface area contributed by atoms with Crippen LogP contribution in [0.1, 0.15) is 16.8 Å². The van der Waals surface area contributed by atoms with Crippen molar-refractivity contribution in [2.24, 2.45) is 0 Å². The highest BCUT2D eigenvalue weighted by molar-refractivity contribution is 5.99. The van der Waals surface area contributed by atoms with Crippen LogP contribution in [0, 0.1) is 10.1 Å². The summed E-state index contributed by atoms with van der Waals surface area (Å²) in [6, 6.07) is 2.48. The quantitative estimate of drug-likeness (QED) is 0.368. The monoisotopic (exact) mass is 342 g/mol. The van der Waals surface area contributed by atoms with Gasteiger partial charge in [-0.1, -0.05) is 0 Å². The summed E-state index contributed by atoms with van der Waals surface area (Å²) >= 11 is 0. The number of methoxy groups -OCH3 is 3. The Hall–Kier alpha value is -2.39. The second-order valence-corrected chi connectivity index (χ2v) is 4.72. The molecule has 1 aromatic rings. The van der Waals surface area contributed by atoms with Crippen LogP contribution >= 0.6 is 0 Å². The molecule has 0 heterocycles. The van der Waals surface area contributed by atoms with Crippen molar-refractivity contribution in [1.29, 1.82) is 0 Å². The third kappa shape index (κ3) is 5.67. The number of nitro benzene ring substituents is 1. The van der Waals surface area contributed by atoms with Crippen molar-refractivity contribution in [3.8, 4) is 11.5 Å². The third-order valence-corrected chi connectivity index (χ3v) is 3.08. The molecule has 0 fully saturated rings. The van der Waals surface area contributed by atoms with E-state index in [1.165, 1.54) is 26.4 Å². The van der Waals surface area contributed by atoms with Gasteiger partial charge >= 0.3 is 0 Å². The normalized spacial score (nSPS) is 10.3. The van der Waals surface area contributed by atoms with Gasteiger partial charge in [0.05, 0.1) is 24.7 Å². The molecule has 0 aliphatic rings. The lowest BCUT2D eigenvalue weighted by molar-refractivity contribution is -0.385. The molecule has 0 aromatic heterocycles. The summed E-state index contributed by atoms with van der Waals surface area (Å²) in [6.45, 7) is 1.35. The van der Waals surface area contributed by atoms with E-state index < -0.39 is 10.8 Å². The highest BCUT2D eigenvalue weighted by Crippen LogP contribution is 2.34. The lowest BCUT2D eigenvalue weighted by Crippen LogP contribution is -2.26. The minimum absolute atomic E-state index is 0.0895. The van der Waals surface area contributed by atoms with E-state index in [9.17, 15) is 14.9 Å². The molecular formula is C15H22N2O7. The molecule has 0 aliphatic heterocycles. The number of nitro groups is 1. The minimum Gasteiger partial charge on any atom is -0.493 e. The van der Waals surface area contributed by atoms with Gasteiger partial charge in [-0.3, -0.25) is 14.9 Å². The summed E-state index contributed by atoms with van der Waals surface area (Å²) in [6.07, 6.45) is 0.603. The first-order valence-corrected chi connectivity index (χ1v) is 7.30. The van der Waals surface area contributed by atoms with Gasteiger partial charge in [-0.15, -0.1) is 0 Å². The van der Waals surface area contributed by atoms with Crippen molar-refractivity contribution in [2.45, 2.75) is 6.42 Å². The van der Waals surface area contributed by atoms with Gasteiger partial charge in [0.2, 0.25) is 0 Å². The molecule has 0 spiro atoms. The van der Waals surface area contributed by atoms with Crippen LogP contribution in [0.2, 0.25) is 0 Å². The Morgan fingerprint density at radius 1 is 1.12 bits per heavy atom. The minimum atomic E-state index is -0.632. The van der Waals surface area contributed by atoms with Gasteiger partial charge in [-0.05, 0) is 6.42 Å². The molecule has 0 unspecified atom stereocenters. The molecule has 1 amide bonds. The van der Waals surface area contributed by atoms with E-state index in [-0.39, 0.29) is 29.4 Å². The maximum Gasteiger partial charge on any atom is 0.286 e. The Kier molecular flexibility index (Phi) is 8.52. The van der Waals surface area contributed by atoms with Crippen molar-refractivity contribution < 1.29 is 28.7 Å². The number of benzene rings is 1. The number of nitrogens with one attached hydrogen (secondary N) is 1. The zero-order valence-corrected chi connectivity index (χ0v) is 14.0. The smallest absolute Gasteiger partial charge is 0.286 e. The average Bonchev–Trinajstić information content (AvgIpc) is 2.58. The summed E-state index contributed by atoms with van der Waals surface area (Å²) in [7, 11) is 4.46. The van der Waals surface area contributed by atoms with Crippen molar-refractivity contribution >= 4 is 11.6 Å². The van der Waals surface area contributed by atoms with Crippen molar-refractivity contribution in [1.82, 2.24) is 5.32 Å². The van der Waals surface area contributed by atoms with Crippen molar-refractivity contribution in [3.63, 3.8) is 0 Å². The number of hydrogen-bond acceptors (Lipinski definition) is 7. The maximum atomic E-state index is 12.2. The zero-order valence-electron chi connectivity index (χ0n) is 14.0. The van der Waals surface area contributed by atoms with E-state index in [0.717, 1.165) is 0 Å². The Labute approximate surface area is 140 Å². The average molecular weight is 342 g/mol. The number of hydrogen-bond donors (Lipinski definition) is 1. The van der Waals surface area contributed by atoms with E-state index in [1.54, 1.807) is 7.11 Å². The molecule has 9 nitrogen and oxygen atoms in total. The number of nitrogens with zero attached hydrogens (tertiary/aromatic N) is 1. The fourth-order valence-corrected chi connectivity index (χ4v) is 1.90. The van der Waals surface area contributed by atoms with Crippen LogP contribution in [0.25, 0.3) is 0 Å². The van der Waals surface area contributed by atoms with E-state index in [2.05, 4.69) is 5.32 Å². The van der Waals surface area contributed by atoms with Gasteiger partial charge in [0.25, 0.3) is 11.6 Å². The molecule has 0 saturated heterocycles. The van der Waals surface area contributed by atoms with Gasteiger partial charge in [0.1, 0.15) is 12.2 Å². The van der Waals surface area contributed by atoms with Crippen molar-refractivity contribution in [2.75, 3.05) is 47.7 Å². The second kappa shape index (κ2) is 10.4. The summed E-state index contributed by atoms with van der Waals surface area (Å²) in [4.78, 5) is 22.8. The van der Waals surface area contributed by atoms with E-state index in [4.69, 9.17) is 18.9 Å². The Morgan fingerprint density at radius 3 is 2.42 bits per heavy atom. The topological polar surface area (TPSA) is 109 Å². The molecule has 134 valence electrons.